The van der Waals surface area contributed by atoms with Crippen LogP contribution in [0, 0.1) is 0 Å². The van der Waals surface area contributed by atoms with E-state index in [-0.39, 0.29) is 0 Å². The zero-order valence-electron chi connectivity index (χ0n) is 6.81. The summed E-state index contributed by atoms with van der Waals surface area (Å²) in [5, 5.41) is 0.828. The van der Waals surface area contributed by atoms with Crippen LogP contribution in [0.1, 0.15) is 12.5 Å². The SMILES string of the molecule is C=C.CCc1cccc(Cl)c1. The van der Waals surface area contributed by atoms with Crippen LogP contribution in [-0.4, -0.2) is 0 Å². The molecule has 0 radical (unpaired) electrons. The van der Waals surface area contributed by atoms with Crippen LogP contribution in [0.4, 0.5) is 0 Å². The number of hydrogen-bond acceptors (Lipinski definition) is 0. The quantitative estimate of drug-likeness (QED) is 0.561. The summed E-state index contributed by atoms with van der Waals surface area (Å²) in [6.07, 6.45) is 1.06. The van der Waals surface area contributed by atoms with E-state index < -0.39 is 0 Å². The Kier molecular flexibility index (Phi) is 5.58. The highest BCUT2D eigenvalue weighted by molar-refractivity contribution is 6.30. The van der Waals surface area contributed by atoms with Crippen molar-refractivity contribution in [2.75, 3.05) is 0 Å². The van der Waals surface area contributed by atoms with E-state index in [2.05, 4.69) is 26.1 Å². The van der Waals surface area contributed by atoms with Gasteiger partial charge in [-0.1, -0.05) is 30.7 Å². The Balaban J connectivity index is 0.000000461. The van der Waals surface area contributed by atoms with Gasteiger partial charge < -0.3 is 0 Å². The van der Waals surface area contributed by atoms with Gasteiger partial charge in [-0.15, -0.1) is 13.2 Å². The van der Waals surface area contributed by atoms with Gasteiger partial charge in [-0.05, 0) is 24.1 Å². The van der Waals surface area contributed by atoms with Gasteiger partial charge in [-0.25, -0.2) is 0 Å². The molecule has 0 aliphatic carbocycles. The molecule has 0 amide bonds. The Hall–Kier alpha value is -0.750. The van der Waals surface area contributed by atoms with E-state index in [0.29, 0.717) is 0 Å². The zero-order valence-corrected chi connectivity index (χ0v) is 7.56. The molecule has 0 aliphatic rings. The third kappa shape index (κ3) is 3.84. The summed E-state index contributed by atoms with van der Waals surface area (Å²) >= 11 is 5.72. The lowest BCUT2D eigenvalue weighted by atomic mass is 10.2. The predicted molar refractivity (Wildman–Crippen MR) is 52.1 cm³/mol. The molecule has 0 fully saturated rings. The molecule has 0 saturated carbocycles. The van der Waals surface area contributed by atoms with E-state index in [4.69, 9.17) is 11.6 Å². The van der Waals surface area contributed by atoms with Gasteiger partial charge in [0.1, 0.15) is 0 Å². The number of rotatable bonds is 1. The number of aryl methyl sites for hydroxylation is 1. The summed E-state index contributed by atoms with van der Waals surface area (Å²) in [5.41, 5.74) is 1.29. The summed E-state index contributed by atoms with van der Waals surface area (Å²) < 4.78 is 0. The fourth-order valence-corrected chi connectivity index (χ4v) is 0.970. The van der Waals surface area contributed by atoms with Crippen molar-refractivity contribution < 1.29 is 0 Å². The molecule has 0 aromatic heterocycles. The summed E-state index contributed by atoms with van der Waals surface area (Å²) in [6, 6.07) is 7.93. The lowest BCUT2D eigenvalue weighted by molar-refractivity contribution is 1.14. The normalized spacial score (nSPS) is 8.18. The maximum absolute atomic E-state index is 5.72. The Morgan fingerprint density at radius 3 is 2.36 bits per heavy atom. The molecule has 1 aromatic rings. The minimum absolute atomic E-state index is 0.828. The first-order valence-electron chi connectivity index (χ1n) is 3.57. The molecule has 60 valence electrons. The Morgan fingerprint density at radius 1 is 1.36 bits per heavy atom. The third-order valence-electron chi connectivity index (χ3n) is 1.30. The number of halogens is 1. The maximum Gasteiger partial charge on any atom is 0.0408 e. The summed E-state index contributed by atoms with van der Waals surface area (Å²) in [5.74, 6) is 0. The molecule has 0 atom stereocenters. The van der Waals surface area contributed by atoms with E-state index in [1.165, 1.54) is 5.56 Å². The first-order valence-corrected chi connectivity index (χ1v) is 3.95. The van der Waals surface area contributed by atoms with Gasteiger partial charge in [-0.3, -0.25) is 0 Å². The van der Waals surface area contributed by atoms with Crippen molar-refractivity contribution in [3.63, 3.8) is 0 Å². The van der Waals surface area contributed by atoms with Crippen molar-refractivity contribution in [2.45, 2.75) is 13.3 Å². The molecule has 0 saturated heterocycles. The van der Waals surface area contributed by atoms with Crippen LogP contribution in [0.5, 0.6) is 0 Å². The lowest BCUT2D eigenvalue weighted by Crippen LogP contribution is -1.76. The fourth-order valence-electron chi connectivity index (χ4n) is 0.757. The molecule has 1 aromatic carbocycles. The first kappa shape index (κ1) is 10.2. The third-order valence-corrected chi connectivity index (χ3v) is 1.53. The van der Waals surface area contributed by atoms with Crippen LogP contribution in [0.3, 0.4) is 0 Å². The highest BCUT2D eigenvalue weighted by Gasteiger charge is 1.87. The van der Waals surface area contributed by atoms with Gasteiger partial charge in [0.05, 0.1) is 0 Å². The van der Waals surface area contributed by atoms with Gasteiger partial charge >= 0.3 is 0 Å². The lowest BCUT2D eigenvalue weighted by Gasteiger charge is -1.93. The molecule has 0 spiro atoms. The Morgan fingerprint density at radius 2 is 2.00 bits per heavy atom. The number of hydrogen-bond donors (Lipinski definition) is 0. The molecule has 0 unspecified atom stereocenters. The van der Waals surface area contributed by atoms with E-state index in [1.54, 1.807) is 0 Å². The highest BCUT2D eigenvalue weighted by Crippen LogP contribution is 2.10. The van der Waals surface area contributed by atoms with E-state index in [9.17, 15) is 0 Å². The van der Waals surface area contributed by atoms with Crippen molar-refractivity contribution in [2.24, 2.45) is 0 Å². The minimum atomic E-state index is 0.828. The Bertz CT molecular complexity index is 206. The topological polar surface area (TPSA) is 0 Å². The summed E-state index contributed by atoms with van der Waals surface area (Å²) in [4.78, 5) is 0. The smallest absolute Gasteiger partial charge is 0.0408 e. The average molecular weight is 169 g/mol. The molecule has 1 heteroatoms. The molecule has 1 rings (SSSR count). The van der Waals surface area contributed by atoms with Crippen molar-refractivity contribution in [1.29, 1.82) is 0 Å². The first-order chi connectivity index (χ1) is 5.33. The fraction of sp³-hybridized carbons (Fsp3) is 0.200. The van der Waals surface area contributed by atoms with Gasteiger partial charge in [0.2, 0.25) is 0 Å². The molecular formula is C10H13Cl. The average Bonchev–Trinajstić information content (AvgIpc) is 2.08. The standard InChI is InChI=1S/C8H9Cl.C2H4/c1-2-7-4-3-5-8(9)6-7;1-2/h3-6H,2H2,1H3;1-2H2. The van der Waals surface area contributed by atoms with Crippen LogP contribution in [0.25, 0.3) is 0 Å². The van der Waals surface area contributed by atoms with E-state index in [1.807, 2.05) is 18.2 Å². The second-order valence-corrected chi connectivity index (χ2v) is 2.42. The second kappa shape index (κ2) is 5.99. The van der Waals surface area contributed by atoms with E-state index in [0.717, 1.165) is 11.4 Å². The van der Waals surface area contributed by atoms with Gasteiger partial charge in [0.15, 0.2) is 0 Å². The van der Waals surface area contributed by atoms with E-state index >= 15 is 0 Å². The monoisotopic (exact) mass is 168 g/mol. The van der Waals surface area contributed by atoms with Crippen LogP contribution >= 0.6 is 11.6 Å². The molecule has 11 heavy (non-hydrogen) atoms. The number of benzene rings is 1. The van der Waals surface area contributed by atoms with Gasteiger partial charge in [-0.2, -0.15) is 0 Å². The van der Waals surface area contributed by atoms with Crippen LogP contribution in [0.15, 0.2) is 37.4 Å². The highest BCUT2D eigenvalue weighted by atomic mass is 35.5. The van der Waals surface area contributed by atoms with Crippen molar-refractivity contribution >= 4 is 11.6 Å². The van der Waals surface area contributed by atoms with Crippen LogP contribution in [-0.2, 0) is 6.42 Å². The summed E-state index contributed by atoms with van der Waals surface area (Å²) in [6.45, 7) is 8.12. The van der Waals surface area contributed by atoms with Crippen molar-refractivity contribution in [3.05, 3.63) is 48.0 Å². The van der Waals surface area contributed by atoms with Crippen LogP contribution in [0.2, 0.25) is 5.02 Å². The van der Waals surface area contributed by atoms with Gasteiger partial charge in [0.25, 0.3) is 0 Å². The predicted octanol–water partition coefficient (Wildman–Crippen LogP) is 3.70. The molecule has 0 nitrogen and oxygen atoms in total. The molecule has 0 aliphatic heterocycles. The van der Waals surface area contributed by atoms with Crippen molar-refractivity contribution in [3.8, 4) is 0 Å². The molecule has 0 heterocycles. The largest absolute Gasteiger partial charge is 0.106 e. The molecular weight excluding hydrogens is 156 g/mol. The molecule has 0 N–H and O–H groups in total. The minimum Gasteiger partial charge on any atom is -0.106 e. The zero-order chi connectivity index (χ0) is 8.69. The second-order valence-electron chi connectivity index (χ2n) is 1.98. The van der Waals surface area contributed by atoms with Crippen LogP contribution < -0.4 is 0 Å². The maximum atomic E-state index is 5.72. The summed E-state index contributed by atoms with van der Waals surface area (Å²) in [7, 11) is 0. The molecule has 0 bridgehead atoms. The Labute approximate surface area is 73.5 Å². The van der Waals surface area contributed by atoms with Crippen molar-refractivity contribution in [1.82, 2.24) is 0 Å². The van der Waals surface area contributed by atoms with Gasteiger partial charge in [0, 0.05) is 5.02 Å².